The second-order valence-electron chi connectivity index (χ2n) is 3.94. The highest BCUT2D eigenvalue weighted by molar-refractivity contribution is 5.97. The summed E-state index contributed by atoms with van der Waals surface area (Å²) in [6.07, 6.45) is 3.12. The number of nitrogens with two attached hydrogens (primary N) is 1. The van der Waals surface area contributed by atoms with E-state index >= 15 is 0 Å². The van der Waals surface area contributed by atoms with Crippen molar-refractivity contribution in [2.45, 2.75) is 25.7 Å². The van der Waals surface area contributed by atoms with E-state index in [2.05, 4.69) is 0 Å². The van der Waals surface area contributed by atoms with Crippen LogP contribution in [0.5, 0.6) is 0 Å². The van der Waals surface area contributed by atoms with Gasteiger partial charge in [0.2, 0.25) is 0 Å². The molecule has 2 heteroatoms. The second kappa shape index (κ2) is 4.30. The maximum absolute atomic E-state index is 11.7. The molecule has 0 heterocycles. The van der Waals surface area contributed by atoms with Gasteiger partial charge < -0.3 is 5.73 Å². The fraction of sp³-hybridized carbons (Fsp3) is 0.308. The van der Waals surface area contributed by atoms with Crippen molar-refractivity contribution in [3.8, 4) is 0 Å². The van der Waals surface area contributed by atoms with E-state index in [1.807, 2.05) is 30.3 Å². The highest BCUT2D eigenvalue weighted by atomic mass is 16.1. The van der Waals surface area contributed by atoms with Crippen molar-refractivity contribution in [1.29, 1.82) is 0 Å². The Morgan fingerprint density at radius 1 is 1.13 bits per heavy atom. The first-order valence-electron chi connectivity index (χ1n) is 5.32. The van der Waals surface area contributed by atoms with Crippen molar-refractivity contribution >= 4 is 5.78 Å². The van der Waals surface area contributed by atoms with Crippen molar-refractivity contribution < 1.29 is 4.79 Å². The van der Waals surface area contributed by atoms with Crippen LogP contribution < -0.4 is 5.73 Å². The highest BCUT2D eigenvalue weighted by Gasteiger charge is 2.18. The van der Waals surface area contributed by atoms with Gasteiger partial charge in [0.25, 0.3) is 0 Å². The van der Waals surface area contributed by atoms with Crippen LogP contribution in [-0.4, -0.2) is 5.78 Å². The van der Waals surface area contributed by atoms with Gasteiger partial charge in [-0.2, -0.15) is 0 Å². The Morgan fingerprint density at radius 2 is 1.87 bits per heavy atom. The normalized spacial score (nSPS) is 16.9. The van der Waals surface area contributed by atoms with Crippen LogP contribution in [0, 0.1) is 0 Å². The molecular formula is C13H15NO. The molecule has 0 unspecified atom stereocenters. The number of ketones is 1. The Bertz CT molecular complexity index is 392. The Morgan fingerprint density at radius 3 is 2.53 bits per heavy atom. The number of carbonyl (C=O) groups is 1. The van der Waals surface area contributed by atoms with Gasteiger partial charge in [-0.1, -0.05) is 30.3 Å². The van der Waals surface area contributed by atoms with Crippen LogP contribution in [0.1, 0.15) is 24.8 Å². The zero-order chi connectivity index (χ0) is 10.7. The fourth-order valence-corrected chi connectivity index (χ4v) is 1.93. The van der Waals surface area contributed by atoms with Crippen LogP contribution in [0.4, 0.5) is 0 Å². The van der Waals surface area contributed by atoms with Crippen LogP contribution in [0.15, 0.2) is 41.6 Å². The zero-order valence-electron chi connectivity index (χ0n) is 8.70. The average molecular weight is 201 g/mol. The number of Topliss-reactive ketones (excluding diaryl/α,β-unsaturated/α-hetero) is 1. The van der Waals surface area contributed by atoms with Crippen molar-refractivity contribution in [2.75, 3.05) is 0 Å². The minimum absolute atomic E-state index is 0.225. The number of benzene rings is 1. The molecule has 0 saturated heterocycles. The summed E-state index contributed by atoms with van der Waals surface area (Å²) in [7, 11) is 0. The third-order valence-corrected chi connectivity index (χ3v) is 2.80. The van der Waals surface area contributed by atoms with E-state index in [1.165, 1.54) is 0 Å². The maximum Gasteiger partial charge on any atom is 0.160 e. The molecule has 1 aromatic carbocycles. The molecule has 2 N–H and O–H groups in total. The smallest absolute Gasteiger partial charge is 0.160 e. The quantitative estimate of drug-likeness (QED) is 0.797. The van der Waals surface area contributed by atoms with E-state index in [4.69, 9.17) is 5.73 Å². The summed E-state index contributed by atoms with van der Waals surface area (Å²) >= 11 is 0. The topological polar surface area (TPSA) is 43.1 Å². The van der Waals surface area contributed by atoms with Gasteiger partial charge in [0.15, 0.2) is 5.78 Å². The molecule has 0 radical (unpaired) electrons. The first-order chi connectivity index (χ1) is 7.27. The van der Waals surface area contributed by atoms with E-state index in [-0.39, 0.29) is 5.78 Å². The molecule has 1 aliphatic carbocycles. The van der Waals surface area contributed by atoms with Gasteiger partial charge in [-0.25, -0.2) is 0 Å². The summed E-state index contributed by atoms with van der Waals surface area (Å²) in [5.74, 6) is 0.225. The third-order valence-electron chi connectivity index (χ3n) is 2.80. The Hall–Kier alpha value is -1.57. The van der Waals surface area contributed by atoms with Crippen molar-refractivity contribution in [3.05, 3.63) is 47.2 Å². The molecule has 0 bridgehead atoms. The summed E-state index contributed by atoms with van der Waals surface area (Å²) in [5.41, 5.74) is 8.65. The SMILES string of the molecule is NC1=C(Cc2ccccc2)C(=O)CCC1. The standard InChI is InChI=1S/C13H15NO/c14-12-7-4-8-13(15)11(12)9-10-5-2-1-3-6-10/h1-3,5-6H,4,7-9,14H2. The lowest BCUT2D eigenvalue weighted by molar-refractivity contribution is -0.116. The summed E-state index contributed by atoms with van der Waals surface area (Å²) < 4.78 is 0. The molecule has 78 valence electrons. The molecule has 0 aromatic heterocycles. The molecule has 1 aromatic rings. The summed E-state index contributed by atoms with van der Waals surface area (Å²) in [6, 6.07) is 10.0. The predicted molar refractivity (Wildman–Crippen MR) is 60.2 cm³/mol. The number of hydrogen-bond acceptors (Lipinski definition) is 2. The lowest BCUT2D eigenvalue weighted by Gasteiger charge is -2.16. The monoisotopic (exact) mass is 201 g/mol. The molecular weight excluding hydrogens is 186 g/mol. The fourth-order valence-electron chi connectivity index (χ4n) is 1.93. The first kappa shape index (κ1) is 9.97. The number of hydrogen-bond donors (Lipinski definition) is 1. The van der Waals surface area contributed by atoms with E-state index in [0.29, 0.717) is 12.8 Å². The Balaban J connectivity index is 2.21. The number of carbonyl (C=O) groups excluding carboxylic acids is 1. The van der Waals surface area contributed by atoms with Crippen LogP contribution in [0.2, 0.25) is 0 Å². The Labute approximate surface area is 89.8 Å². The van der Waals surface area contributed by atoms with Crippen molar-refractivity contribution in [2.24, 2.45) is 5.73 Å². The van der Waals surface area contributed by atoms with Gasteiger partial charge >= 0.3 is 0 Å². The predicted octanol–water partition coefficient (Wildman–Crippen LogP) is 2.19. The van der Waals surface area contributed by atoms with Crippen molar-refractivity contribution in [1.82, 2.24) is 0 Å². The van der Waals surface area contributed by atoms with Gasteiger partial charge in [0.1, 0.15) is 0 Å². The third kappa shape index (κ3) is 2.27. The largest absolute Gasteiger partial charge is 0.402 e. The molecule has 0 amide bonds. The molecule has 1 aliphatic rings. The molecule has 0 atom stereocenters. The Kier molecular flexibility index (Phi) is 2.86. The molecule has 15 heavy (non-hydrogen) atoms. The van der Waals surface area contributed by atoms with Gasteiger partial charge in [0, 0.05) is 24.1 Å². The van der Waals surface area contributed by atoms with Gasteiger partial charge in [-0.15, -0.1) is 0 Å². The summed E-state index contributed by atoms with van der Waals surface area (Å²) in [4.78, 5) is 11.7. The minimum atomic E-state index is 0.225. The van der Waals surface area contributed by atoms with Crippen LogP contribution in [0.3, 0.4) is 0 Å². The summed E-state index contributed by atoms with van der Waals surface area (Å²) in [5, 5.41) is 0. The van der Waals surface area contributed by atoms with Gasteiger partial charge in [-0.3, -0.25) is 4.79 Å². The van der Waals surface area contributed by atoms with Gasteiger partial charge in [0.05, 0.1) is 0 Å². The van der Waals surface area contributed by atoms with E-state index in [9.17, 15) is 4.79 Å². The molecule has 2 nitrogen and oxygen atoms in total. The van der Waals surface area contributed by atoms with E-state index in [0.717, 1.165) is 29.7 Å². The maximum atomic E-state index is 11.7. The molecule has 0 spiro atoms. The van der Waals surface area contributed by atoms with Crippen LogP contribution in [-0.2, 0) is 11.2 Å². The minimum Gasteiger partial charge on any atom is -0.402 e. The van der Waals surface area contributed by atoms with Crippen molar-refractivity contribution in [3.63, 3.8) is 0 Å². The number of allylic oxidation sites excluding steroid dienone is 2. The lowest BCUT2D eigenvalue weighted by Crippen LogP contribution is -2.18. The lowest BCUT2D eigenvalue weighted by atomic mass is 9.91. The van der Waals surface area contributed by atoms with Gasteiger partial charge in [-0.05, 0) is 18.4 Å². The summed E-state index contributed by atoms with van der Waals surface area (Å²) in [6.45, 7) is 0. The molecule has 2 rings (SSSR count). The molecule has 0 saturated carbocycles. The zero-order valence-corrected chi connectivity index (χ0v) is 8.70. The average Bonchev–Trinajstić information content (AvgIpc) is 2.25. The number of rotatable bonds is 2. The van der Waals surface area contributed by atoms with Crippen LogP contribution >= 0.6 is 0 Å². The van der Waals surface area contributed by atoms with Crippen LogP contribution in [0.25, 0.3) is 0 Å². The first-order valence-corrected chi connectivity index (χ1v) is 5.32. The van der Waals surface area contributed by atoms with E-state index < -0.39 is 0 Å². The highest BCUT2D eigenvalue weighted by Crippen LogP contribution is 2.21. The molecule has 0 aliphatic heterocycles. The molecule has 0 fully saturated rings. The second-order valence-corrected chi connectivity index (χ2v) is 3.94. The van der Waals surface area contributed by atoms with E-state index in [1.54, 1.807) is 0 Å².